The van der Waals surface area contributed by atoms with E-state index in [-0.39, 0.29) is 5.91 Å². The van der Waals surface area contributed by atoms with E-state index < -0.39 is 0 Å². The first-order chi connectivity index (χ1) is 8.74. The van der Waals surface area contributed by atoms with Crippen LogP contribution in [0.4, 0.5) is 5.82 Å². The lowest BCUT2D eigenvalue weighted by Crippen LogP contribution is -2.27. The SMILES string of the molecule is CCc1c(NC)ncnc1SCC(=O)NC1CC1. The van der Waals surface area contributed by atoms with Crippen LogP contribution >= 0.6 is 11.8 Å². The summed E-state index contributed by atoms with van der Waals surface area (Å²) in [4.78, 5) is 20.1. The van der Waals surface area contributed by atoms with Crippen LogP contribution in [0.1, 0.15) is 25.3 Å². The topological polar surface area (TPSA) is 66.9 Å². The molecule has 1 aromatic heterocycles. The molecule has 98 valence electrons. The maximum absolute atomic E-state index is 11.6. The number of amides is 1. The standard InChI is InChI=1S/C12H18N4OS/c1-3-9-11(13-2)14-7-15-12(9)18-6-10(17)16-8-4-5-8/h7-8H,3-6H2,1-2H3,(H,16,17)(H,13,14,15). The highest BCUT2D eigenvalue weighted by molar-refractivity contribution is 7.99. The molecule has 1 aromatic rings. The molecular formula is C12H18N4OS. The van der Waals surface area contributed by atoms with Crippen molar-refractivity contribution in [1.29, 1.82) is 0 Å². The molecule has 1 aliphatic carbocycles. The average molecular weight is 266 g/mol. The molecule has 0 saturated heterocycles. The van der Waals surface area contributed by atoms with Crippen molar-refractivity contribution in [2.24, 2.45) is 0 Å². The molecule has 0 aliphatic heterocycles. The van der Waals surface area contributed by atoms with Crippen molar-refractivity contribution in [3.05, 3.63) is 11.9 Å². The third-order valence-corrected chi connectivity index (χ3v) is 3.81. The lowest BCUT2D eigenvalue weighted by Gasteiger charge is -2.10. The van der Waals surface area contributed by atoms with Crippen molar-refractivity contribution in [1.82, 2.24) is 15.3 Å². The molecule has 0 aromatic carbocycles. The van der Waals surface area contributed by atoms with Gasteiger partial charge in [-0.05, 0) is 19.3 Å². The Morgan fingerprint density at radius 3 is 2.89 bits per heavy atom. The van der Waals surface area contributed by atoms with Gasteiger partial charge in [-0.1, -0.05) is 18.7 Å². The fourth-order valence-electron chi connectivity index (χ4n) is 1.69. The van der Waals surface area contributed by atoms with Gasteiger partial charge in [0.2, 0.25) is 5.91 Å². The van der Waals surface area contributed by atoms with Crippen molar-refractivity contribution < 1.29 is 4.79 Å². The van der Waals surface area contributed by atoms with Crippen LogP contribution in [0.2, 0.25) is 0 Å². The van der Waals surface area contributed by atoms with Gasteiger partial charge < -0.3 is 10.6 Å². The summed E-state index contributed by atoms with van der Waals surface area (Å²) in [6, 6.07) is 0.419. The van der Waals surface area contributed by atoms with Gasteiger partial charge in [0.25, 0.3) is 0 Å². The summed E-state index contributed by atoms with van der Waals surface area (Å²) in [5.41, 5.74) is 1.07. The summed E-state index contributed by atoms with van der Waals surface area (Å²) < 4.78 is 0. The molecule has 0 radical (unpaired) electrons. The van der Waals surface area contributed by atoms with Gasteiger partial charge in [-0.2, -0.15) is 0 Å². The predicted octanol–water partition coefficient (Wildman–Crippen LogP) is 1.45. The van der Waals surface area contributed by atoms with Crippen molar-refractivity contribution in [2.45, 2.75) is 37.3 Å². The smallest absolute Gasteiger partial charge is 0.230 e. The van der Waals surface area contributed by atoms with Crippen molar-refractivity contribution in [3.63, 3.8) is 0 Å². The third kappa shape index (κ3) is 3.35. The Morgan fingerprint density at radius 2 is 2.28 bits per heavy atom. The summed E-state index contributed by atoms with van der Waals surface area (Å²) in [6.45, 7) is 2.06. The van der Waals surface area contributed by atoms with E-state index in [2.05, 4.69) is 27.5 Å². The van der Waals surface area contributed by atoms with Crippen molar-refractivity contribution in [3.8, 4) is 0 Å². The van der Waals surface area contributed by atoms with Crippen molar-refractivity contribution in [2.75, 3.05) is 18.1 Å². The molecule has 0 spiro atoms. The zero-order valence-corrected chi connectivity index (χ0v) is 11.5. The molecule has 0 unspecified atom stereocenters. The lowest BCUT2D eigenvalue weighted by atomic mass is 10.2. The molecule has 0 atom stereocenters. The number of hydrogen-bond acceptors (Lipinski definition) is 5. The van der Waals surface area contributed by atoms with E-state index in [1.54, 1.807) is 0 Å². The number of carbonyl (C=O) groups is 1. The molecule has 1 fully saturated rings. The van der Waals surface area contributed by atoms with Gasteiger partial charge in [0.1, 0.15) is 17.2 Å². The van der Waals surface area contributed by atoms with Gasteiger partial charge >= 0.3 is 0 Å². The van der Waals surface area contributed by atoms with Gasteiger partial charge in [0, 0.05) is 18.7 Å². The second-order valence-corrected chi connectivity index (χ2v) is 5.20. The van der Waals surface area contributed by atoms with Gasteiger partial charge in [-0.15, -0.1) is 0 Å². The summed E-state index contributed by atoms with van der Waals surface area (Å²) in [5.74, 6) is 1.36. The number of hydrogen-bond donors (Lipinski definition) is 2. The first-order valence-electron chi connectivity index (χ1n) is 6.18. The van der Waals surface area contributed by atoms with Crippen LogP contribution in [0.15, 0.2) is 11.4 Å². The van der Waals surface area contributed by atoms with Gasteiger partial charge in [0.05, 0.1) is 5.75 Å². The highest BCUT2D eigenvalue weighted by Crippen LogP contribution is 2.25. The van der Waals surface area contributed by atoms with E-state index >= 15 is 0 Å². The number of aromatic nitrogens is 2. The zero-order chi connectivity index (χ0) is 13.0. The Balaban J connectivity index is 1.96. The van der Waals surface area contributed by atoms with Crippen LogP contribution < -0.4 is 10.6 Å². The summed E-state index contributed by atoms with van der Waals surface area (Å²) in [7, 11) is 1.84. The number of carbonyl (C=O) groups excluding carboxylic acids is 1. The Kier molecular flexibility index (Phi) is 4.41. The number of rotatable bonds is 6. The molecular weight excluding hydrogens is 248 g/mol. The highest BCUT2D eigenvalue weighted by atomic mass is 32.2. The Hall–Kier alpha value is -1.30. The van der Waals surface area contributed by atoms with E-state index in [0.29, 0.717) is 11.8 Å². The first kappa shape index (κ1) is 13.1. The predicted molar refractivity (Wildman–Crippen MR) is 72.8 cm³/mol. The summed E-state index contributed by atoms with van der Waals surface area (Å²) >= 11 is 1.48. The normalized spacial score (nSPS) is 14.3. The molecule has 18 heavy (non-hydrogen) atoms. The van der Waals surface area contributed by atoms with E-state index in [4.69, 9.17) is 0 Å². The third-order valence-electron chi connectivity index (χ3n) is 2.78. The molecule has 1 saturated carbocycles. The zero-order valence-electron chi connectivity index (χ0n) is 10.7. The second-order valence-electron chi connectivity index (χ2n) is 4.24. The first-order valence-corrected chi connectivity index (χ1v) is 7.17. The summed E-state index contributed by atoms with van der Waals surface area (Å²) in [6.07, 6.45) is 4.62. The van der Waals surface area contributed by atoms with Crippen molar-refractivity contribution >= 4 is 23.5 Å². The lowest BCUT2D eigenvalue weighted by molar-refractivity contribution is -0.118. The number of nitrogens with one attached hydrogen (secondary N) is 2. The van der Waals surface area contributed by atoms with Crippen LogP contribution in [-0.4, -0.2) is 34.7 Å². The van der Waals surface area contributed by atoms with Gasteiger partial charge in [0.15, 0.2) is 0 Å². The van der Waals surface area contributed by atoms with E-state index in [1.165, 1.54) is 18.1 Å². The minimum atomic E-state index is 0.0918. The van der Waals surface area contributed by atoms with E-state index in [0.717, 1.165) is 35.7 Å². The molecule has 2 rings (SSSR count). The molecule has 0 bridgehead atoms. The average Bonchev–Trinajstić information content (AvgIpc) is 3.19. The van der Waals surface area contributed by atoms with E-state index in [9.17, 15) is 4.79 Å². The Morgan fingerprint density at radius 1 is 1.50 bits per heavy atom. The molecule has 2 N–H and O–H groups in total. The maximum atomic E-state index is 11.6. The number of thioether (sulfide) groups is 1. The fraction of sp³-hybridized carbons (Fsp3) is 0.583. The maximum Gasteiger partial charge on any atom is 0.230 e. The second kappa shape index (κ2) is 6.04. The van der Waals surface area contributed by atoms with Crippen LogP contribution in [0, 0.1) is 0 Å². The van der Waals surface area contributed by atoms with Crippen LogP contribution in [0.5, 0.6) is 0 Å². The fourth-order valence-corrected chi connectivity index (χ4v) is 2.57. The number of anilines is 1. The van der Waals surface area contributed by atoms with Gasteiger partial charge in [-0.3, -0.25) is 4.79 Å². The molecule has 1 heterocycles. The highest BCUT2D eigenvalue weighted by Gasteiger charge is 2.23. The van der Waals surface area contributed by atoms with Crippen LogP contribution in [-0.2, 0) is 11.2 Å². The van der Waals surface area contributed by atoms with Crippen LogP contribution in [0.25, 0.3) is 0 Å². The monoisotopic (exact) mass is 266 g/mol. The Bertz CT molecular complexity index is 434. The van der Waals surface area contributed by atoms with Gasteiger partial charge in [-0.25, -0.2) is 9.97 Å². The Labute approximate surface area is 111 Å². The molecule has 1 amide bonds. The largest absolute Gasteiger partial charge is 0.373 e. The minimum Gasteiger partial charge on any atom is -0.373 e. The molecule has 1 aliphatic rings. The van der Waals surface area contributed by atoms with Crippen LogP contribution in [0.3, 0.4) is 0 Å². The minimum absolute atomic E-state index is 0.0918. The number of nitrogens with zero attached hydrogens (tertiary/aromatic N) is 2. The molecule has 6 heteroatoms. The van der Waals surface area contributed by atoms with E-state index in [1.807, 2.05) is 7.05 Å². The molecule has 5 nitrogen and oxygen atoms in total. The summed E-state index contributed by atoms with van der Waals surface area (Å²) in [5, 5.41) is 6.91. The quantitative estimate of drug-likeness (QED) is 0.602.